The van der Waals surface area contributed by atoms with Crippen molar-refractivity contribution < 1.29 is 43.1 Å². The largest absolute Gasteiger partial charge is 0.374 e. The van der Waals surface area contributed by atoms with Gasteiger partial charge in [-0.05, 0) is 69.8 Å². The summed E-state index contributed by atoms with van der Waals surface area (Å²) in [5.74, 6) is -0.532. The van der Waals surface area contributed by atoms with Gasteiger partial charge in [0.15, 0.2) is 5.78 Å². The number of amides is 6. The van der Waals surface area contributed by atoms with Crippen molar-refractivity contribution in [1.29, 1.82) is 0 Å². The highest BCUT2D eigenvalue weighted by Crippen LogP contribution is 2.33. The first-order valence-corrected chi connectivity index (χ1v) is 21.3. The third-order valence-electron chi connectivity index (χ3n) is 10.6. The number of imide groups is 1. The van der Waals surface area contributed by atoms with E-state index in [9.17, 15) is 33.6 Å². The molecule has 0 aromatic heterocycles. The Bertz CT molecular complexity index is 1310. The van der Waals surface area contributed by atoms with E-state index in [4.69, 9.17) is 9.57 Å². The molecule has 302 valence electrons. The Balaban J connectivity index is 0.897. The molecule has 4 rings (SSSR count). The molecular weight excluding hydrogens is 715 g/mol. The Kier molecular flexibility index (Phi) is 18.8. The van der Waals surface area contributed by atoms with Crippen LogP contribution in [0.3, 0.4) is 0 Å². The Morgan fingerprint density at radius 3 is 2.20 bits per heavy atom. The lowest BCUT2D eigenvalue weighted by molar-refractivity contribution is -0.201. The molecule has 4 N–H and O–H groups in total. The van der Waals surface area contributed by atoms with Gasteiger partial charge in [0.25, 0.3) is 11.8 Å². The van der Waals surface area contributed by atoms with Gasteiger partial charge in [-0.1, -0.05) is 45.1 Å². The summed E-state index contributed by atoms with van der Waals surface area (Å²) in [4.78, 5) is 89.1. The SMILES string of the molecule is CC1CCC(CC(=O)/C=C/CCCCCCCNC(=O)CCCCCNC(=O)CCCC[C@@H]2SC[C@@H]3NC(=O)N[C@@H]32)OC1CC(=O)ON1C(=O)CCC1=O. The normalized spacial score (nSPS) is 25.1. The monoisotopic (exact) mass is 775 g/mol. The summed E-state index contributed by atoms with van der Waals surface area (Å²) in [5, 5.41) is 12.9. The number of nitrogens with zero attached hydrogens (tertiary/aromatic N) is 1. The maximum absolute atomic E-state index is 12.5. The van der Waals surface area contributed by atoms with E-state index in [1.165, 1.54) is 0 Å². The average Bonchev–Trinajstić information content (AvgIpc) is 3.80. The van der Waals surface area contributed by atoms with Gasteiger partial charge >= 0.3 is 12.0 Å². The maximum atomic E-state index is 12.5. The minimum absolute atomic E-state index is 0.0122. The van der Waals surface area contributed by atoms with E-state index >= 15 is 0 Å². The predicted molar refractivity (Wildman–Crippen MR) is 204 cm³/mol. The van der Waals surface area contributed by atoms with Crippen LogP contribution in [0.15, 0.2) is 12.2 Å². The number of hydrogen-bond donors (Lipinski definition) is 4. The first kappa shape index (κ1) is 43.3. The van der Waals surface area contributed by atoms with Crippen LogP contribution >= 0.6 is 11.8 Å². The van der Waals surface area contributed by atoms with Crippen LogP contribution in [0.25, 0.3) is 0 Å². The van der Waals surface area contributed by atoms with Crippen molar-refractivity contribution in [1.82, 2.24) is 26.3 Å². The van der Waals surface area contributed by atoms with Crippen LogP contribution in [-0.4, -0.2) is 94.9 Å². The number of thioether (sulfide) groups is 1. The average molecular weight is 776 g/mol. The van der Waals surface area contributed by atoms with E-state index in [1.54, 1.807) is 6.08 Å². The number of hydroxylamine groups is 2. The van der Waals surface area contributed by atoms with Crippen molar-refractivity contribution in [3.05, 3.63) is 12.2 Å². The van der Waals surface area contributed by atoms with Crippen molar-refractivity contribution in [3.63, 3.8) is 0 Å². The lowest BCUT2D eigenvalue weighted by Crippen LogP contribution is -2.39. The molecule has 54 heavy (non-hydrogen) atoms. The number of nitrogens with one attached hydrogen (secondary N) is 4. The molecule has 0 spiro atoms. The Labute approximate surface area is 323 Å². The molecule has 0 bridgehead atoms. The lowest BCUT2D eigenvalue weighted by Gasteiger charge is -2.34. The van der Waals surface area contributed by atoms with Crippen LogP contribution in [0.2, 0.25) is 0 Å². The third-order valence-corrected chi connectivity index (χ3v) is 12.1. The van der Waals surface area contributed by atoms with Crippen LogP contribution in [0.5, 0.6) is 0 Å². The summed E-state index contributed by atoms with van der Waals surface area (Å²) in [7, 11) is 0. The molecular formula is C39H61N5O9S. The molecule has 4 fully saturated rings. The second-order valence-electron chi connectivity index (χ2n) is 15.1. The number of hydrogen-bond acceptors (Lipinski definition) is 10. The van der Waals surface area contributed by atoms with Crippen molar-refractivity contribution in [2.75, 3.05) is 18.8 Å². The Morgan fingerprint density at radius 2 is 1.48 bits per heavy atom. The summed E-state index contributed by atoms with van der Waals surface area (Å²) in [6, 6.07) is 0.391. The van der Waals surface area contributed by atoms with Gasteiger partial charge in [0.1, 0.15) is 0 Å². The Hall–Kier alpha value is -3.46. The minimum Gasteiger partial charge on any atom is -0.374 e. The summed E-state index contributed by atoms with van der Waals surface area (Å²) < 4.78 is 6.05. The summed E-state index contributed by atoms with van der Waals surface area (Å²) in [5.41, 5.74) is 0. The molecule has 4 heterocycles. The third kappa shape index (κ3) is 15.3. The zero-order valence-corrected chi connectivity index (χ0v) is 32.7. The standard InChI is InChI=1S/C39H61N5O9S/c1-27-18-19-29(52-31(27)25-37(50)53-44-35(48)20-21-36(44)49)24-28(45)14-8-5-3-2-4-6-12-22-40-33(46)16-9-7-13-23-41-34(47)17-11-10-15-32-38-30(26-54-32)42-39(51)43-38/h8,14,27,29-32,38H,2-7,9-13,15-26H2,1H3,(H,40,46)(H,41,47)(H2,42,43,51)/b14-8+/t27?,29?,30-,31?,32-,38-/m0/s1. The second-order valence-corrected chi connectivity index (χ2v) is 16.4. The van der Waals surface area contributed by atoms with Gasteiger partial charge in [0, 0.05) is 56.2 Å². The summed E-state index contributed by atoms with van der Waals surface area (Å²) >= 11 is 1.90. The fourth-order valence-corrected chi connectivity index (χ4v) is 8.91. The first-order valence-electron chi connectivity index (χ1n) is 20.2. The Morgan fingerprint density at radius 1 is 0.833 bits per heavy atom. The number of unbranched alkanes of at least 4 members (excludes halogenated alkanes) is 8. The number of carbonyl (C=O) groups excluding carboxylic acids is 7. The number of urea groups is 1. The maximum Gasteiger partial charge on any atom is 0.335 e. The zero-order valence-electron chi connectivity index (χ0n) is 31.9. The number of carbonyl (C=O) groups is 7. The molecule has 0 saturated carbocycles. The van der Waals surface area contributed by atoms with Gasteiger partial charge in [0.2, 0.25) is 11.8 Å². The zero-order chi connectivity index (χ0) is 38.7. The number of fused-ring (bicyclic) bond motifs is 1. The van der Waals surface area contributed by atoms with Crippen LogP contribution < -0.4 is 21.3 Å². The van der Waals surface area contributed by atoms with Crippen LogP contribution in [0.1, 0.15) is 135 Å². The molecule has 3 unspecified atom stereocenters. The van der Waals surface area contributed by atoms with Gasteiger partial charge in [-0.3, -0.25) is 24.0 Å². The highest BCUT2D eigenvalue weighted by molar-refractivity contribution is 8.00. The molecule has 14 nitrogen and oxygen atoms in total. The van der Waals surface area contributed by atoms with E-state index < -0.39 is 23.9 Å². The van der Waals surface area contributed by atoms with E-state index in [-0.39, 0.29) is 73.4 Å². The molecule has 0 aromatic carbocycles. The number of ketones is 1. The summed E-state index contributed by atoms with van der Waals surface area (Å²) in [6.07, 6.45) is 16.9. The van der Waals surface area contributed by atoms with Crippen molar-refractivity contribution >= 4 is 53.2 Å². The number of allylic oxidation sites excluding steroid dienone is 2. The molecule has 4 aliphatic heterocycles. The molecule has 0 aliphatic carbocycles. The van der Waals surface area contributed by atoms with Gasteiger partial charge in [-0.15, -0.1) is 5.06 Å². The first-order chi connectivity index (χ1) is 26.1. The van der Waals surface area contributed by atoms with E-state index in [1.807, 2.05) is 24.8 Å². The fraction of sp³-hybridized carbons (Fsp3) is 0.769. The molecule has 6 amide bonds. The van der Waals surface area contributed by atoms with Crippen molar-refractivity contribution in [3.8, 4) is 0 Å². The van der Waals surface area contributed by atoms with Gasteiger partial charge in [-0.2, -0.15) is 11.8 Å². The smallest absolute Gasteiger partial charge is 0.335 e. The molecule has 0 aromatic rings. The van der Waals surface area contributed by atoms with Gasteiger partial charge < -0.3 is 30.8 Å². The van der Waals surface area contributed by atoms with Crippen LogP contribution in [0, 0.1) is 5.92 Å². The molecule has 6 atom stereocenters. The predicted octanol–water partition coefficient (Wildman–Crippen LogP) is 4.54. The highest BCUT2D eigenvalue weighted by atomic mass is 32.2. The van der Waals surface area contributed by atoms with E-state index in [0.29, 0.717) is 36.2 Å². The highest BCUT2D eigenvalue weighted by Gasteiger charge is 2.42. The van der Waals surface area contributed by atoms with Crippen molar-refractivity contribution in [2.24, 2.45) is 5.92 Å². The molecule has 15 heteroatoms. The molecule has 4 saturated heterocycles. The fourth-order valence-electron chi connectivity index (χ4n) is 7.36. The minimum atomic E-state index is -0.689. The van der Waals surface area contributed by atoms with Gasteiger partial charge in [0.05, 0.1) is 30.7 Å². The lowest BCUT2D eigenvalue weighted by atomic mass is 9.90. The molecule has 0 radical (unpaired) electrons. The van der Waals surface area contributed by atoms with Crippen LogP contribution in [0.4, 0.5) is 4.79 Å². The van der Waals surface area contributed by atoms with Gasteiger partial charge in [-0.25, -0.2) is 9.59 Å². The van der Waals surface area contributed by atoms with E-state index in [2.05, 4.69) is 21.3 Å². The van der Waals surface area contributed by atoms with Crippen molar-refractivity contribution in [2.45, 2.75) is 165 Å². The second kappa shape index (κ2) is 23.5. The number of rotatable bonds is 25. The molecule has 4 aliphatic rings. The van der Waals surface area contributed by atoms with Crippen LogP contribution in [-0.2, 0) is 38.3 Å². The number of ether oxygens (including phenoxy) is 1. The topological polar surface area (TPSA) is 189 Å². The summed E-state index contributed by atoms with van der Waals surface area (Å²) in [6.45, 7) is 3.29. The quantitative estimate of drug-likeness (QED) is 0.0444. The van der Waals surface area contributed by atoms with E-state index in [0.717, 1.165) is 95.6 Å².